The molecule has 0 atom stereocenters. The van der Waals surface area contributed by atoms with Crippen LogP contribution in [-0.4, -0.2) is 38.4 Å². The average molecular weight is 415 g/mol. The number of thiophene rings is 1. The van der Waals surface area contributed by atoms with Crippen molar-refractivity contribution in [1.82, 2.24) is 14.5 Å². The van der Waals surface area contributed by atoms with Crippen LogP contribution in [0.5, 0.6) is 5.75 Å². The summed E-state index contributed by atoms with van der Waals surface area (Å²) in [5, 5.41) is 16.8. The standard InChI is InChI=1S/C23H17N3O3S/c1-14(13-27)11-25-12-18-16(4-5-20(28)22(18)23(25)29)15-6-7-26-19(9-15)17(10-24-26)21-3-2-8-30-21/h2-10,13,28H,1,11-12H2. The highest BCUT2D eigenvalue weighted by atomic mass is 32.1. The SMILES string of the molecule is C=C(C=O)CN1Cc2c(-c3ccn4ncc(-c5cccs5)c4c3)ccc(O)c2C1=O. The van der Waals surface area contributed by atoms with Gasteiger partial charge in [0, 0.05) is 35.3 Å². The summed E-state index contributed by atoms with van der Waals surface area (Å²) in [5.74, 6) is -0.347. The Kier molecular flexibility index (Phi) is 4.25. The monoisotopic (exact) mass is 415 g/mol. The molecule has 148 valence electrons. The summed E-state index contributed by atoms with van der Waals surface area (Å²) in [7, 11) is 0. The molecule has 6 nitrogen and oxygen atoms in total. The molecule has 0 radical (unpaired) electrons. The number of phenols is 1. The molecule has 0 spiro atoms. The van der Waals surface area contributed by atoms with Crippen molar-refractivity contribution in [3.8, 4) is 27.3 Å². The smallest absolute Gasteiger partial charge is 0.258 e. The predicted molar refractivity (Wildman–Crippen MR) is 116 cm³/mol. The van der Waals surface area contributed by atoms with Crippen molar-refractivity contribution >= 4 is 29.0 Å². The van der Waals surface area contributed by atoms with E-state index >= 15 is 0 Å². The molecule has 4 heterocycles. The third-order valence-corrected chi connectivity index (χ3v) is 6.22. The molecule has 1 aliphatic rings. The number of fused-ring (bicyclic) bond motifs is 2. The zero-order valence-corrected chi connectivity index (χ0v) is 16.7. The normalized spacial score (nSPS) is 13.1. The number of carbonyl (C=O) groups excluding carboxylic acids is 2. The minimum atomic E-state index is -0.294. The van der Waals surface area contributed by atoms with Crippen LogP contribution in [-0.2, 0) is 11.3 Å². The third-order valence-electron chi connectivity index (χ3n) is 5.32. The molecule has 3 aromatic heterocycles. The Morgan fingerprint density at radius 1 is 1.27 bits per heavy atom. The minimum Gasteiger partial charge on any atom is -0.507 e. The second kappa shape index (κ2) is 6.96. The van der Waals surface area contributed by atoms with Gasteiger partial charge in [0.25, 0.3) is 5.91 Å². The molecule has 1 aliphatic heterocycles. The van der Waals surface area contributed by atoms with Crippen LogP contribution in [0, 0.1) is 0 Å². The van der Waals surface area contributed by atoms with E-state index in [-0.39, 0.29) is 23.8 Å². The number of hydrogen-bond donors (Lipinski definition) is 1. The summed E-state index contributed by atoms with van der Waals surface area (Å²) in [4.78, 5) is 26.4. The fraction of sp³-hybridized carbons (Fsp3) is 0.0870. The van der Waals surface area contributed by atoms with Gasteiger partial charge in [0.2, 0.25) is 0 Å². The number of phenolic OH excluding ortho intramolecular Hbond substituents is 1. The lowest BCUT2D eigenvalue weighted by Crippen LogP contribution is -2.26. The number of hydrogen-bond acceptors (Lipinski definition) is 5. The lowest BCUT2D eigenvalue weighted by Gasteiger charge is -2.14. The number of benzene rings is 1. The van der Waals surface area contributed by atoms with Crippen LogP contribution in [0.4, 0.5) is 0 Å². The topological polar surface area (TPSA) is 74.9 Å². The number of aldehydes is 1. The van der Waals surface area contributed by atoms with Crippen molar-refractivity contribution in [2.75, 3.05) is 6.54 Å². The molecule has 1 amide bonds. The number of carbonyl (C=O) groups is 2. The Labute approximate surface area is 176 Å². The molecule has 4 aromatic rings. The molecule has 30 heavy (non-hydrogen) atoms. The zero-order chi connectivity index (χ0) is 20.8. The zero-order valence-electron chi connectivity index (χ0n) is 15.9. The molecule has 0 saturated carbocycles. The Bertz CT molecular complexity index is 1320. The van der Waals surface area contributed by atoms with E-state index in [2.05, 4.69) is 17.7 Å². The first-order valence-electron chi connectivity index (χ1n) is 9.35. The van der Waals surface area contributed by atoms with Gasteiger partial charge in [-0.05, 0) is 46.3 Å². The van der Waals surface area contributed by atoms with Crippen LogP contribution in [0.15, 0.2) is 66.3 Å². The fourth-order valence-electron chi connectivity index (χ4n) is 3.91. The van der Waals surface area contributed by atoms with Crippen LogP contribution in [0.3, 0.4) is 0 Å². The number of pyridine rings is 1. The van der Waals surface area contributed by atoms with Crippen LogP contribution >= 0.6 is 11.3 Å². The maximum Gasteiger partial charge on any atom is 0.258 e. The van der Waals surface area contributed by atoms with Gasteiger partial charge in [-0.25, -0.2) is 4.52 Å². The van der Waals surface area contributed by atoms with Gasteiger partial charge < -0.3 is 10.0 Å². The van der Waals surface area contributed by atoms with Crippen LogP contribution in [0.1, 0.15) is 15.9 Å². The van der Waals surface area contributed by atoms with E-state index in [1.807, 2.05) is 46.6 Å². The summed E-state index contributed by atoms with van der Waals surface area (Å²) in [6, 6.07) is 11.4. The second-order valence-corrected chi connectivity index (χ2v) is 8.15. The summed E-state index contributed by atoms with van der Waals surface area (Å²) in [5.41, 5.74) is 5.17. The van der Waals surface area contributed by atoms with Crippen LogP contribution < -0.4 is 0 Å². The molecule has 5 rings (SSSR count). The van der Waals surface area contributed by atoms with Crippen LogP contribution in [0.2, 0.25) is 0 Å². The first kappa shape index (κ1) is 18.3. The maximum absolute atomic E-state index is 12.8. The van der Waals surface area contributed by atoms with Gasteiger partial charge in [-0.3, -0.25) is 9.59 Å². The van der Waals surface area contributed by atoms with Crippen molar-refractivity contribution in [3.63, 3.8) is 0 Å². The van der Waals surface area contributed by atoms with Crippen molar-refractivity contribution in [1.29, 1.82) is 0 Å². The Morgan fingerprint density at radius 3 is 2.90 bits per heavy atom. The van der Waals surface area contributed by atoms with E-state index in [9.17, 15) is 14.7 Å². The average Bonchev–Trinajstić information content (AvgIpc) is 3.47. The molecular formula is C23H17N3O3S. The minimum absolute atomic E-state index is 0.0531. The molecule has 0 bridgehead atoms. The van der Waals surface area contributed by atoms with E-state index in [1.54, 1.807) is 17.4 Å². The number of amides is 1. The Hall–Kier alpha value is -3.71. The lowest BCUT2D eigenvalue weighted by atomic mass is 9.96. The summed E-state index contributed by atoms with van der Waals surface area (Å²) in [6.07, 6.45) is 4.39. The van der Waals surface area contributed by atoms with Gasteiger partial charge >= 0.3 is 0 Å². The number of nitrogens with zero attached hydrogens (tertiary/aromatic N) is 3. The number of rotatable bonds is 5. The summed E-state index contributed by atoms with van der Waals surface area (Å²) < 4.78 is 1.82. The molecule has 0 saturated heterocycles. The first-order chi connectivity index (χ1) is 14.6. The van der Waals surface area contributed by atoms with E-state index in [1.165, 1.54) is 4.90 Å². The molecule has 1 N–H and O–H groups in total. The highest BCUT2D eigenvalue weighted by Gasteiger charge is 2.32. The highest BCUT2D eigenvalue weighted by Crippen LogP contribution is 2.39. The summed E-state index contributed by atoms with van der Waals surface area (Å²) in [6.45, 7) is 4.12. The van der Waals surface area contributed by atoms with E-state index < -0.39 is 0 Å². The largest absolute Gasteiger partial charge is 0.507 e. The van der Waals surface area contributed by atoms with Crippen molar-refractivity contribution < 1.29 is 14.7 Å². The number of aromatic nitrogens is 2. The molecular weight excluding hydrogens is 398 g/mol. The highest BCUT2D eigenvalue weighted by molar-refractivity contribution is 7.13. The third kappa shape index (κ3) is 2.83. The second-order valence-electron chi connectivity index (χ2n) is 7.20. The van der Waals surface area contributed by atoms with E-state index in [0.717, 1.165) is 32.6 Å². The van der Waals surface area contributed by atoms with E-state index in [0.29, 0.717) is 18.4 Å². The Morgan fingerprint density at radius 2 is 2.13 bits per heavy atom. The predicted octanol–water partition coefficient (Wildman–Crippen LogP) is 4.15. The lowest BCUT2D eigenvalue weighted by molar-refractivity contribution is -0.105. The van der Waals surface area contributed by atoms with Gasteiger partial charge in [0.05, 0.1) is 17.3 Å². The van der Waals surface area contributed by atoms with Gasteiger partial charge in [-0.2, -0.15) is 5.10 Å². The number of aromatic hydroxyl groups is 1. The first-order valence-corrected chi connectivity index (χ1v) is 10.2. The van der Waals surface area contributed by atoms with Crippen molar-refractivity contribution in [3.05, 3.63) is 77.5 Å². The van der Waals surface area contributed by atoms with E-state index in [4.69, 9.17) is 0 Å². The molecule has 1 aromatic carbocycles. The van der Waals surface area contributed by atoms with Crippen molar-refractivity contribution in [2.24, 2.45) is 0 Å². The molecule has 0 aliphatic carbocycles. The van der Waals surface area contributed by atoms with Gasteiger partial charge in [0.15, 0.2) is 0 Å². The quantitative estimate of drug-likeness (QED) is 0.393. The summed E-state index contributed by atoms with van der Waals surface area (Å²) >= 11 is 1.65. The molecule has 0 unspecified atom stereocenters. The van der Waals surface area contributed by atoms with Gasteiger partial charge in [0.1, 0.15) is 12.0 Å². The molecule has 7 heteroatoms. The maximum atomic E-state index is 12.8. The fourth-order valence-corrected chi connectivity index (χ4v) is 4.65. The van der Waals surface area contributed by atoms with Crippen LogP contribution in [0.25, 0.3) is 27.1 Å². The van der Waals surface area contributed by atoms with Gasteiger partial charge in [-0.1, -0.05) is 18.7 Å². The molecule has 0 fully saturated rings. The van der Waals surface area contributed by atoms with Crippen molar-refractivity contribution in [2.45, 2.75) is 6.54 Å². The van der Waals surface area contributed by atoms with Gasteiger partial charge in [-0.15, -0.1) is 11.3 Å². The Balaban J connectivity index is 1.62.